The lowest BCUT2D eigenvalue weighted by atomic mass is 9.95. The van der Waals surface area contributed by atoms with Gasteiger partial charge in [-0.3, -0.25) is 4.79 Å². The Bertz CT molecular complexity index is 1050. The number of ether oxygens (including phenoxy) is 2. The SMILES string of the molecule is COc1ccc(C=Nc2sc3c(c2C(=O)NCc2ccco2)CCCC3)c(OC)c1. The van der Waals surface area contributed by atoms with Crippen molar-refractivity contribution in [2.24, 2.45) is 4.99 Å². The molecule has 0 saturated carbocycles. The van der Waals surface area contributed by atoms with E-state index in [9.17, 15) is 4.79 Å². The zero-order valence-corrected chi connectivity index (χ0v) is 17.9. The highest BCUT2D eigenvalue weighted by atomic mass is 32.1. The Hall–Kier alpha value is -3.06. The van der Waals surface area contributed by atoms with Gasteiger partial charge in [0.15, 0.2) is 0 Å². The number of rotatable bonds is 7. The van der Waals surface area contributed by atoms with Crippen molar-refractivity contribution in [2.75, 3.05) is 14.2 Å². The molecule has 0 bridgehead atoms. The topological polar surface area (TPSA) is 73.1 Å². The molecule has 7 heteroatoms. The van der Waals surface area contributed by atoms with Crippen molar-refractivity contribution >= 4 is 28.5 Å². The first-order chi connectivity index (χ1) is 14.7. The summed E-state index contributed by atoms with van der Waals surface area (Å²) >= 11 is 1.61. The van der Waals surface area contributed by atoms with Crippen molar-refractivity contribution in [1.29, 1.82) is 0 Å². The third-order valence-corrected chi connectivity index (χ3v) is 6.34. The highest BCUT2D eigenvalue weighted by Crippen LogP contribution is 2.40. The summed E-state index contributed by atoms with van der Waals surface area (Å²) in [5.74, 6) is 2.00. The van der Waals surface area contributed by atoms with Gasteiger partial charge in [0.2, 0.25) is 0 Å². The summed E-state index contributed by atoms with van der Waals surface area (Å²) in [5, 5.41) is 3.71. The van der Waals surface area contributed by atoms with E-state index in [-0.39, 0.29) is 5.91 Å². The maximum absolute atomic E-state index is 13.1. The zero-order valence-electron chi connectivity index (χ0n) is 17.1. The molecule has 0 aliphatic heterocycles. The number of nitrogens with one attached hydrogen (secondary N) is 1. The third-order valence-electron chi connectivity index (χ3n) is 5.14. The number of carbonyl (C=O) groups is 1. The number of amides is 1. The number of carbonyl (C=O) groups excluding carboxylic acids is 1. The van der Waals surface area contributed by atoms with Crippen LogP contribution in [0.3, 0.4) is 0 Å². The molecule has 1 N–H and O–H groups in total. The molecule has 2 heterocycles. The second-order valence-electron chi connectivity index (χ2n) is 7.02. The Morgan fingerprint density at radius 2 is 2.10 bits per heavy atom. The molecule has 4 rings (SSSR count). The van der Waals surface area contributed by atoms with Crippen LogP contribution in [0.25, 0.3) is 0 Å². The van der Waals surface area contributed by atoms with Gasteiger partial charge in [-0.25, -0.2) is 4.99 Å². The van der Waals surface area contributed by atoms with Crippen LogP contribution in [0.4, 0.5) is 5.00 Å². The smallest absolute Gasteiger partial charge is 0.255 e. The molecule has 156 valence electrons. The Kier molecular flexibility index (Phi) is 6.18. The van der Waals surface area contributed by atoms with Crippen LogP contribution in [0.5, 0.6) is 11.5 Å². The molecule has 1 aliphatic rings. The van der Waals surface area contributed by atoms with E-state index in [2.05, 4.69) is 5.32 Å². The number of hydrogen-bond donors (Lipinski definition) is 1. The van der Waals surface area contributed by atoms with E-state index >= 15 is 0 Å². The first-order valence-corrected chi connectivity index (χ1v) is 10.7. The van der Waals surface area contributed by atoms with Crippen LogP contribution in [-0.2, 0) is 19.4 Å². The first-order valence-electron chi connectivity index (χ1n) is 9.91. The number of aryl methyl sites for hydroxylation is 1. The van der Waals surface area contributed by atoms with Gasteiger partial charge in [-0.15, -0.1) is 11.3 Å². The average Bonchev–Trinajstić information content (AvgIpc) is 3.43. The summed E-state index contributed by atoms with van der Waals surface area (Å²) in [6, 6.07) is 9.23. The van der Waals surface area contributed by atoms with Gasteiger partial charge in [0.1, 0.15) is 22.3 Å². The third kappa shape index (κ3) is 4.26. The van der Waals surface area contributed by atoms with Crippen LogP contribution in [0, 0.1) is 0 Å². The molecule has 2 aromatic heterocycles. The summed E-state index contributed by atoms with van der Waals surface area (Å²) in [7, 11) is 3.23. The normalized spacial score (nSPS) is 13.3. The van der Waals surface area contributed by atoms with Gasteiger partial charge in [-0.05, 0) is 55.5 Å². The quantitative estimate of drug-likeness (QED) is 0.547. The molecule has 0 unspecified atom stereocenters. The summed E-state index contributed by atoms with van der Waals surface area (Å²) in [5.41, 5.74) is 2.65. The van der Waals surface area contributed by atoms with Gasteiger partial charge in [0, 0.05) is 22.7 Å². The van der Waals surface area contributed by atoms with Gasteiger partial charge in [-0.1, -0.05) is 0 Å². The monoisotopic (exact) mass is 424 g/mol. The number of nitrogens with zero attached hydrogens (tertiary/aromatic N) is 1. The fraction of sp³-hybridized carbons (Fsp3) is 0.304. The van der Waals surface area contributed by atoms with Crippen molar-refractivity contribution in [1.82, 2.24) is 5.32 Å². The van der Waals surface area contributed by atoms with Crippen LogP contribution in [0.1, 0.15) is 45.0 Å². The number of fused-ring (bicyclic) bond motifs is 1. The number of thiophene rings is 1. The van der Waals surface area contributed by atoms with E-state index in [4.69, 9.17) is 18.9 Å². The van der Waals surface area contributed by atoms with Crippen LogP contribution < -0.4 is 14.8 Å². The summed E-state index contributed by atoms with van der Waals surface area (Å²) in [6.45, 7) is 0.353. The van der Waals surface area contributed by atoms with Crippen molar-refractivity contribution in [3.05, 3.63) is 63.9 Å². The molecule has 0 fully saturated rings. The number of furan rings is 1. The van der Waals surface area contributed by atoms with Crippen molar-refractivity contribution in [2.45, 2.75) is 32.2 Å². The molecule has 1 amide bonds. The van der Waals surface area contributed by atoms with Crippen LogP contribution in [0.2, 0.25) is 0 Å². The van der Waals surface area contributed by atoms with Crippen molar-refractivity contribution in [3.8, 4) is 11.5 Å². The lowest BCUT2D eigenvalue weighted by molar-refractivity contribution is 0.0948. The summed E-state index contributed by atoms with van der Waals surface area (Å²) in [6.07, 6.45) is 7.51. The predicted molar refractivity (Wildman–Crippen MR) is 118 cm³/mol. The highest BCUT2D eigenvalue weighted by Gasteiger charge is 2.25. The van der Waals surface area contributed by atoms with Gasteiger partial charge in [0.25, 0.3) is 5.91 Å². The minimum Gasteiger partial charge on any atom is -0.497 e. The molecule has 0 radical (unpaired) electrons. The van der Waals surface area contributed by atoms with Crippen molar-refractivity contribution in [3.63, 3.8) is 0 Å². The Morgan fingerprint density at radius 3 is 2.87 bits per heavy atom. The van der Waals surface area contributed by atoms with Crippen LogP contribution in [0.15, 0.2) is 46.0 Å². The van der Waals surface area contributed by atoms with E-state index in [0.29, 0.717) is 23.6 Å². The molecular formula is C23H24N2O4S. The fourth-order valence-electron chi connectivity index (χ4n) is 3.60. The number of aliphatic imine (C=N–C) groups is 1. The molecule has 0 atom stereocenters. The van der Waals surface area contributed by atoms with E-state index < -0.39 is 0 Å². The maximum Gasteiger partial charge on any atom is 0.255 e. The van der Waals surface area contributed by atoms with E-state index in [1.807, 2.05) is 30.3 Å². The lowest BCUT2D eigenvalue weighted by Gasteiger charge is -2.12. The van der Waals surface area contributed by atoms with Crippen LogP contribution >= 0.6 is 11.3 Å². The van der Waals surface area contributed by atoms with E-state index in [1.54, 1.807) is 38.0 Å². The first kappa shape index (κ1) is 20.2. The van der Waals surface area contributed by atoms with Gasteiger partial charge in [-0.2, -0.15) is 0 Å². The van der Waals surface area contributed by atoms with Crippen LogP contribution in [-0.4, -0.2) is 26.3 Å². The highest BCUT2D eigenvalue weighted by molar-refractivity contribution is 7.16. The molecule has 3 aromatic rings. The van der Waals surface area contributed by atoms with Gasteiger partial charge in [0.05, 0.1) is 32.6 Å². The summed E-state index contributed by atoms with van der Waals surface area (Å²) < 4.78 is 16.0. The minimum absolute atomic E-state index is 0.111. The number of methoxy groups -OCH3 is 2. The molecule has 0 spiro atoms. The fourth-order valence-corrected chi connectivity index (χ4v) is 4.83. The number of hydrogen-bond acceptors (Lipinski definition) is 6. The lowest BCUT2D eigenvalue weighted by Crippen LogP contribution is -2.23. The Morgan fingerprint density at radius 1 is 1.23 bits per heavy atom. The largest absolute Gasteiger partial charge is 0.497 e. The molecule has 1 aromatic carbocycles. The second-order valence-corrected chi connectivity index (χ2v) is 8.10. The standard InChI is InChI=1S/C23H24N2O4S/c1-27-16-10-9-15(19(12-16)28-2)13-25-23-21(18-7-3-4-8-20(18)30-23)22(26)24-14-17-6-5-11-29-17/h5-6,9-13H,3-4,7-8,14H2,1-2H3,(H,24,26). The maximum atomic E-state index is 13.1. The van der Waals surface area contributed by atoms with E-state index in [0.717, 1.165) is 47.6 Å². The zero-order chi connectivity index (χ0) is 20.9. The Balaban J connectivity index is 1.63. The molecule has 0 saturated heterocycles. The van der Waals surface area contributed by atoms with Crippen molar-refractivity contribution < 1.29 is 18.7 Å². The number of benzene rings is 1. The summed E-state index contributed by atoms with van der Waals surface area (Å²) in [4.78, 5) is 19.0. The molecule has 6 nitrogen and oxygen atoms in total. The molecule has 30 heavy (non-hydrogen) atoms. The minimum atomic E-state index is -0.111. The van der Waals surface area contributed by atoms with Gasteiger partial charge >= 0.3 is 0 Å². The Labute approximate surface area is 179 Å². The molecule has 1 aliphatic carbocycles. The van der Waals surface area contributed by atoms with Gasteiger partial charge < -0.3 is 19.2 Å². The van der Waals surface area contributed by atoms with E-state index in [1.165, 1.54) is 4.88 Å². The average molecular weight is 425 g/mol. The predicted octanol–water partition coefficient (Wildman–Crippen LogP) is 4.92. The molecular weight excluding hydrogens is 400 g/mol. The second kappa shape index (κ2) is 9.17.